The third-order valence-corrected chi connectivity index (χ3v) is 22.9. The van der Waals surface area contributed by atoms with Crippen molar-refractivity contribution in [1.82, 2.24) is 109 Å². The number of hydroxylamine groups is 10. The second kappa shape index (κ2) is 67.7. The van der Waals surface area contributed by atoms with Gasteiger partial charge in [-0.1, -0.05) is 34.6 Å². The Kier molecular flexibility index (Phi) is 58.9. The lowest BCUT2D eigenvalue weighted by molar-refractivity contribution is -0.197. The highest BCUT2D eigenvalue weighted by molar-refractivity contribution is 6.04. The van der Waals surface area contributed by atoms with Crippen LogP contribution in [-0.4, -0.2) is 361 Å². The Morgan fingerprint density at radius 1 is 0.264 bits per heavy atom. The maximum absolute atomic E-state index is 12.0. The Morgan fingerprint density at radius 2 is 0.464 bits per heavy atom. The first-order valence-electron chi connectivity index (χ1n) is 47.9. The molecule has 5 unspecified atom stereocenters. The number of rotatable bonds is 41. The van der Waals surface area contributed by atoms with E-state index in [1.165, 1.54) is 38.5 Å². The molecule has 5 atom stereocenters. The summed E-state index contributed by atoms with van der Waals surface area (Å²) in [6.07, 6.45) is 17.5. The minimum absolute atomic E-state index is 0.0116. The standard InChI is InChI=1S/C18H28N4O6.C17H27N5O6.3C12H23N3O2.3C6H7NO4/c1-2-13-4-3-11-21(13)12-15(24)20-9-7-14(23)19-10-8-18(27)28-22-16(25)5-6-17(22)26;1-2-12-5-10-20-21(12)11-14(24)19-8-6-13(23)18-9-7-17(27)28-22-15(25)3-4-16(22)26;3*1-3-10-5-4-8-15(10)9-12(17)14-7-6-11(16)13-2;3*1-4(8)11-7-5(9)2-3-6(7)10/h13H,2-12H2,1H3,(H,19,23)(H,20,24);12,20H,2-11H2,1H3,(H,18,23)(H,19,24);3*10H,3-9H2,1-2H3,(H,13,16)(H,14,17);3*2-3H2,1H3/i1+1,2+1,12+1,13+1,15+1,18+1,19+1,21+1;2+1,5+1,10+1,12+1,14+1,17+1,18+1,21+1;1+1,2+1,3+1,9+1,13+1,15+1;1+1,2+1,3+1,9+1,12+1,13+1;1+1,2+1,3+1,9+1,10+1,13+1;3*1+1,4+1. The van der Waals surface area contributed by atoms with E-state index in [1.54, 1.807) is 21.1 Å². The number of carbonyl (C=O) groups excluding carboxylic acids is 25. The smallest absolute Gasteiger partial charge is 0.334 e. The van der Waals surface area contributed by atoms with Crippen molar-refractivity contribution in [1.29, 1.82) is 0 Å². The molecule has 0 bridgehead atoms. The molecule has 11 N–H and O–H groups in total. The van der Waals surface area contributed by atoms with E-state index in [-0.39, 0.29) is 182 Å². The highest BCUT2D eigenvalue weighted by atomic mass is 16.8. The maximum Gasteiger partial charge on any atom is 0.334 e. The quantitative estimate of drug-likeness (QED) is 0.0168. The van der Waals surface area contributed by atoms with Gasteiger partial charge in [0, 0.05) is 221 Å². The normalized spacial score (nSPS) is 19.4. The third-order valence-electron chi connectivity index (χ3n) is 22.9. The number of nitrogens with zero attached hydrogens (tertiary/aromatic N) is 10. The zero-order valence-electron chi connectivity index (χ0n) is 82.5. The number of likely N-dealkylation sites (tertiary alicyclic amines) is 4. The van der Waals surface area contributed by atoms with Crippen LogP contribution in [0, 0.1) is 0 Å². The van der Waals surface area contributed by atoms with Crippen LogP contribution in [-0.2, 0) is 144 Å². The van der Waals surface area contributed by atoms with Crippen molar-refractivity contribution < 1.29 is 144 Å². The Balaban J connectivity index is 0.000000422. The predicted octanol–water partition coefficient (Wildman–Crippen LogP) is -2.74. The van der Waals surface area contributed by atoms with Gasteiger partial charge in [0.05, 0.1) is 45.6 Å². The summed E-state index contributed by atoms with van der Waals surface area (Å²) in [6.45, 7) is 22.6. The van der Waals surface area contributed by atoms with E-state index >= 15 is 0 Å². The lowest BCUT2D eigenvalue weighted by Gasteiger charge is -2.22. The Bertz CT molecular complexity index is 3810. The molecule has 10 fully saturated rings. The highest BCUT2D eigenvalue weighted by Crippen LogP contribution is 2.24. The van der Waals surface area contributed by atoms with Gasteiger partial charge in [0.1, 0.15) is 0 Å². The van der Waals surface area contributed by atoms with Crippen LogP contribution in [0.5, 0.6) is 0 Å². The Labute approximate surface area is 814 Å². The number of carbonyl (C=O) groups is 25. The van der Waals surface area contributed by atoms with E-state index in [2.05, 4.69) is 132 Å². The Hall–Kier alpha value is -12.5. The molecule has 0 aromatic heterocycles. The van der Waals surface area contributed by atoms with E-state index in [9.17, 15) is 120 Å². The fraction of sp³-hybridized carbons (Fsp3) is 0.719. The monoisotopic (exact) mass is 2030 g/mol. The summed E-state index contributed by atoms with van der Waals surface area (Å²) < 4.78 is 0. The van der Waals surface area contributed by atoms with Crippen LogP contribution < -0.4 is 58.6 Å². The molecular formula is C89H145N21O30. The predicted molar refractivity (Wildman–Crippen MR) is 491 cm³/mol. The van der Waals surface area contributed by atoms with Crippen LogP contribution in [0.2, 0.25) is 0 Å². The van der Waals surface area contributed by atoms with E-state index in [0.29, 0.717) is 121 Å². The highest BCUT2D eigenvalue weighted by Gasteiger charge is 2.38. The molecule has 0 saturated carbocycles. The van der Waals surface area contributed by atoms with Crippen molar-refractivity contribution in [3.05, 3.63) is 0 Å². The molecule has 51 heteroatoms. The van der Waals surface area contributed by atoms with Gasteiger partial charge in [-0.3, -0.25) is 121 Å². The number of amides is 20. The van der Waals surface area contributed by atoms with E-state index in [0.717, 1.165) is 105 Å². The van der Waals surface area contributed by atoms with E-state index < -0.39 is 88.9 Å². The number of hydrogen-bond acceptors (Lipinski definition) is 36. The molecular weight excluding hydrogens is 1880 g/mol. The summed E-state index contributed by atoms with van der Waals surface area (Å²) in [5, 5.41) is 30.8. The van der Waals surface area contributed by atoms with E-state index in [4.69, 9.17) is 4.84 Å². The van der Waals surface area contributed by atoms with Gasteiger partial charge >= 0.3 is 29.8 Å². The van der Waals surface area contributed by atoms with Gasteiger partial charge in [-0.25, -0.2) is 29.0 Å². The molecule has 0 aromatic carbocycles. The van der Waals surface area contributed by atoms with Crippen LogP contribution in [0.3, 0.4) is 0 Å². The molecule has 10 saturated heterocycles. The van der Waals surface area contributed by atoms with Crippen LogP contribution in [0.1, 0.15) is 254 Å². The van der Waals surface area contributed by atoms with Gasteiger partial charge in [0.2, 0.25) is 59.1 Å². The second-order valence-corrected chi connectivity index (χ2v) is 33.4. The van der Waals surface area contributed by atoms with Gasteiger partial charge < -0.3 is 77.4 Å². The summed E-state index contributed by atoms with van der Waals surface area (Å²) in [6, 6.07) is 2.47. The summed E-state index contributed by atoms with van der Waals surface area (Å²) in [7, 11) is 4.79. The molecule has 10 aliphatic rings. The largest absolute Gasteiger partial charge is 0.359 e. The molecule has 140 heavy (non-hydrogen) atoms. The van der Waals surface area contributed by atoms with Crippen LogP contribution in [0.4, 0.5) is 0 Å². The van der Waals surface area contributed by atoms with Crippen molar-refractivity contribution in [3.63, 3.8) is 0 Å². The summed E-state index contributed by atoms with van der Waals surface area (Å²) in [5.74, 6) is -9.39. The molecule has 786 valence electrons. The topological polar surface area (TPSA) is 638 Å². The molecule has 10 heterocycles. The molecule has 20 amide bonds. The molecule has 0 radical (unpaired) electrons. The average molecular weight is 2030 g/mol. The maximum atomic E-state index is 12.0. The molecule has 0 aliphatic carbocycles. The fourth-order valence-corrected chi connectivity index (χ4v) is 15.4. The van der Waals surface area contributed by atoms with Crippen molar-refractivity contribution >= 4 is 148 Å². The number of hydrogen-bond donors (Lipinski definition) is 11. The zero-order chi connectivity index (χ0) is 104. The molecule has 51 nitrogen and oxygen atoms in total. The van der Waals surface area contributed by atoms with Crippen LogP contribution >= 0.6 is 0 Å². The van der Waals surface area contributed by atoms with E-state index in [1.807, 2.05) is 5.01 Å². The SMILES string of the molecule is C[13CH2][13CH]1[13CH2][13CH2]N[15N]1C[13C](=O)NCCC(=O)[15NH]CC[13C](=O)ON1C(=O)CCC1=O.[13CH3][13CH2]C1CCCN1[13CH2][13C](=O)NCCC(=O)[15NH][13CH3].[13CH3][13CH2]C1CCC[15N]1[13CH2]C(=O)NCCC(=O)[15NH][13CH3].[13CH3][13CH2][13CH]1CCCN1[13CH2]C(=O)NCCC(=O)[15NH][13CH3].[13CH3][13CH2][13CH]1CCC[15N]1[13CH2][13C](=O)NCCC(=O)[15NH]CC[13C](=O)ON1C(=O)CCC1=O.[13CH3][13C](=O)ON1C(=O)CCC1=O.[13CH3][13C](=O)ON1C(=O)CCC1=O.[13CH3][13C](=O)ON1C(=O)CCC1=O. The molecule has 0 spiro atoms. The Morgan fingerprint density at radius 3 is 0.679 bits per heavy atom. The summed E-state index contributed by atoms with van der Waals surface area (Å²) >= 11 is 0. The number of hydrazine groups is 1. The lowest BCUT2D eigenvalue weighted by Crippen LogP contribution is -2.45. The van der Waals surface area contributed by atoms with Crippen molar-refractivity contribution in [2.75, 3.05) is 132 Å². The van der Waals surface area contributed by atoms with Gasteiger partial charge in [-0.2, -0.15) is 0 Å². The minimum Gasteiger partial charge on any atom is -0.359 e. The fourth-order valence-electron chi connectivity index (χ4n) is 15.4. The lowest BCUT2D eigenvalue weighted by atomic mass is 10.3. The first kappa shape index (κ1) is 122. The van der Waals surface area contributed by atoms with Crippen LogP contribution in [0.25, 0.3) is 0 Å². The minimum atomic E-state index is -0.777. The first-order chi connectivity index (χ1) is 66.6. The van der Waals surface area contributed by atoms with Gasteiger partial charge in [-0.15, -0.1) is 25.3 Å². The summed E-state index contributed by atoms with van der Waals surface area (Å²) in [5.41, 5.74) is 3.16. The average Bonchev–Trinajstić information content (AvgIpc) is 1.62. The molecule has 0 aromatic rings. The number of nitrogens with one attached hydrogen (secondary N) is 11. The molecule has 10 rings (SSSR count). The number of imide groups is 5. The third kappa shape index (κ3) is 48.4. The first-order valence-corrected chi connectivity index (χ1v) is 47.9. The van der Waals surface area contributed by atoms with Crippen molar-refractivity contribution in [3.8, 4) is 0 Å². The van der Waals surface area contributed by atoms with Crippen LogP contribution in [0.15, 0.2) is 0 Å². The van der Waals surface area contributed by atoms with Gasteiger partial charge in [0.25, 0.3) is 59.1 Å². The summed E-state index contributed by atoms with van der Waals surface area (Å²) in [4.78, 5) is 310. The van der Waals surface area contributed by atoms with Crippen molar-refractivity contribution in [2.45, 2.75) is 285 Å². The van der Waals surface area contributed by atoms with Gasteiger partial charge in [-0.05, 0) is 116 Å². The molecule has 10 aliphatic heterocycles. The zero-order valence-corrected chi connectivity index (χ0v) is 82.5. The second-order valence-electron chi connectivity index (χ2n) is 33.4. The van der Waals surface area contributed by atoms with Gasteiger partial charge in [0.15, 0.2) is 0 Å². The van der Waals surface area contributed by atoms with Crippen molar-refractivity contribution in [2.24, 2.45) is 0 Å².